The molecule has 0 amide bonds. The van der Waals surface area contributed by atoms with Gasteiger partial charge in [0, 0.05) is 0 Å². The molecule has 0 fully saturated rings. The van der Waals surface area contributed by atoms with Crippen molar-refractivity contribution in [1.29, 1.82) is 0 Å². The van der Waals surface area contributed by atoms with E-state index in [9.17, 15) is 4.79 Å². The third kappa shape index (κ3) is 2.84. The van der Waals surface area contributed by atoms with Gasteiger partial charge in [-0.3, -0.25) is 4.79 Å². The average Bonchev–Trinajstić information content (AvgIpc) is 2.03. The minimum Gasteiger partial charge on any atom is -0.481 e. The molecule has 0 spiro atoms. The molecule has 72 valence electrons. The van der Waals surface area contributed by atoms with Crippen LogP contribution in [0.5, 0.6) is 0 Å². The molecule has 0 aromatic heterocycles. The minimum atomic E-state index is -0.662. The van der Waals surface area contributed by atoms with Gasteiger partial charge in [-0.25, -0.2) is 0 Å². The van der Waals surface area contributed by atoms with E-state index >= 15 is 0 Å². The smallest absolute Gasteiger partial charge is 0.309 e. The number of hydrogen-bond acceptors (Lipinski definition) is 1. The van der Waals surface area contributed by atoms with E-state index in [1.165, 1.54) is 0 Å². The van der Waals surface area contributed by atoms with Gasteiger partial charge in [0.05, 0.1) is 5.41 Å². The Bertz CT molecular complexity index is 154. The van der Waals surface area contributed by atoms with E-state index in [1.54, 1.807) is 0 Å². The highest BCUT2D eigenvalue weighted by molar-refractivity contribution is 5.73. The Labute approximate surface area is 75.0 Å². The van der Waals surface area contributed by atoms with Crippen LogP contribution in [0.15, 0.2) is 0 Å². The van der Waals surface area contributed by atoms with Crippen LogP contribution >= 0.6 is 0 Å². The molecule has 2 nitrogen and oxygen atoms in total. The second-order valence-corrected chi connectivity index (χ2v) is 3.94. The predicted octanol–water partition coefficient (Wildman–Crippen LogP) is 2.92. The van der Waals surface area contributed by atoms with Crippen molar-refractivity contribution in [3.05, 3.63) is 0 Å². The van der Waals surface area contributed by atoms with Crippen molar-refractivity contribution in [2.45, 2.75) is 47.0 Å². The highest BCUT2D eigenvalue weighted by Gasteiger charge is 2.31. The molecule has 2 heteroatoms. The molecule has 0 saturated carbocycles. The van der Waals surface area contributed by atoms with Gasteiger partial charge in [-0.15, -0.1) is 0 Å². The van der Waals surface area contributed by atoms with Gasteiger partial charge in [-0.1, -0.05) is 27.2 Å². The zero-order valence-corrected chi connectivity index (χ0v) is 8.55. The summed E-state index contributed by atoms with van der Waals surface area (Å²) in [6, 6.07) is 0. The summed E-state index contributed by atoms with van der Waals surface area (Å²) in [5.74, 6) is -0.156. The van der Waals surface area contributed by atoms with E-state index in [-0.39, 0.29) is 0 Å². The van der Waals surface area contributed by atoms with Crippen LogP contribution in [0, 0.1) is 11.3 Å². The summed E-state index contributed by atoms with van der Waals surface area (Å²) in [4.78, 5) is 10.9. The van der Waals surface area contributed by atoms with Gasteiger partial charge >= 0.3 is 5.97 Å². The molecule has 1 N–H and O–H groups in total. The zero-order chi connectivity index (χ0) is 9.78. The lowest BCUT2D eigenvalue weighted by Gasteiger charge is -2.25. The van der Waals surface area contributed by atoms with Crippen LogP contribution in [0.3, 0.4) is 0 Å². The van der Waals surface area contributed by atoms with Crippen molar-refractivity contribution in [3.63, 3.8) is 0 Å². The first-order valence-electron chi connectivity index (χ1n) is 4.69. The molecule has 2 atom stereocenters. The highest BCUT2D eigenvalue weighted by Crippen LogP contribution is 2.30. The maximum Gasteiger partial charge on any atom is 0.309 e. The third-order valence-corrected chi connectivity index (χ3v) is 2.79. The molecule has 0 rings (SSSR count). The van der Waals surface area contributed by atoms with Gasteiger partial charge in [0.25, 0.3) is 0 Å². The van der Waals surface area contributed by atoms with Crippen molar-refractivity contribution >= 4 is 5.97 Å². The Hall–Kier alpha value is -0.530. The van der Waals surface area contributed by atoms with E-state index in [0.717, 1.165) is 12.8 Å². The molecular formula is C10H20O2. The molecule has 0 unspecified atom stereocenters. The number of aliphatic carboxylic acids is 1. The topological polar surface area (TPSA) is 37.3 Å². The molecular weight excluding hydrogens is 152 g/mol. The second-order valence-electron chi connectivity index (χ2n) is 3.94. The Morgan fingerprint density at radius 2 is 2.00 bits per heavy atom. The van der Waals surface area contributed by atoms with Gasteiger partial charge in [-0.05, 0) is 25.7 Å². The molecule has 12 heavy (non-hydrogen) atoms. The van der Waals surface area contributed by atoms with Crippen LogP contribution in [0.25, 0.3) is 0 Å². The fourth-order valence-corrected chi connectivity index (χ4v) is 1.30. The summed E-state index contributed by atoms with van der Waals surface area (Å²) >= 11 is 0. The van der Waals surface area contributed by atoms with Crippen molar-refractivity contribution < 1.29 is 9.90 Å². The number of carbonyl (C=O) groups is 1. The Kier molecular flexibility index (Phi) is 4.29. The Balaban J connectivity index is 4.23. The van der Waals surface area contributed by atoms with Crippen LogP contribution in [-0.2, 0) is 4.79 Å². The second kappa shape index (κ2) is 4.48. The largest absolute Gasteiger partial charge is 0.481 e. The summed E-state index contributed by atoms with van der Waals surface area (Å²) in [6.45, 7) is 7.98. The first-order chi connectivity index (χ1) is 5.46. The van der Waals surface area contributed by atoms with E-state index < -0.39 is 11.4 Å². The molecule has 0 bridgehead atoms. The Morgan fingerprint density at radius 1 is 1.50 bits per heavy atom. The summed E-state index contributed by atoms with van der Waals surface area (Å²) in [5.41, 5.74) is -0.518. The lowest BCUT2D eigenvalue weighted by molar-refractivity contribution is -0.149. The number of rotatable bonds is 5. The standard InChI is InChI=1S/C10H20O2/c1-5-8(3)7-10(4,6-2)9(11)12/h8H,5-7H2,1-4H3,(H,11,12)/t8-,10-/m0/s1. The third-order valence-electron chi connectivity index (χ3n) is 2.79. The highest BCUT2D eigenvalue weighted by atomic mass is 16.4. The molecule has 0 saturated heterocycles. The van der Waals surface area contributed by atoms with E-state index in [1.807, 2.05) is 13.8 Å². The SMILES string of the molecule is CC[C@H](C)C[C@](C)(CC)C(=O)O. The lowest BCUT2D eigenvalue weighted by Crippen LogP contribution is -2.28. The van der Waals surface area contributed by atoms with Gasteiger partial charge in [0.1, 0.15) is 0 Å². The monoisotopic (exact) mass is 172 g/mol. The maximum atomic E-state index is 10.9. The summed E-state index contributed by atoms with van der Waals surface area (Å²) in [5, 5.41) is 8.98. The molecule has 0 aromatic rings. The van der Waals surface area contributed by atoms with E-state index in [0.29, 0.717) is 12.3 Å². The predicted molar refractivity (Wildman–Crippen MR) is 50.1 cm³/mol. The van der Waals surface area contributed by atoms with E-state index in [4.69, 9.17) is 5.11 Å². The van der Waals surface area contributed by atoms with Gasteiger partial charge in [0.15, 0.2) is 0 Å². The van der Waals surface area contributed by atoms with Crippen LogP contribution < -0.4 is 0 Å². The average molecular weight is 172 g/mol. The number of carboxylic acid groups (broad SMARTS) is 1. The maximum absolute atomic E-state index is 10.9. The van der Waals surface area contributed by atoms with Crippen LogP contribution in [0.2, 0.25) is 0 Å². The molecule has 0 aliphatic rings. The molecule has 0 aliphatic heterocycles. The minimum absolute atomic E-state index is 0.506. The van der Waals surface area contributed by atoms with Gasteiger partial charge in [0.2, 0.25) is 0 Å². The first kappa shape index (κ1) is 11.5. The van der Waals surface area contributed by atoms with Crippen molar-refractivity contribution in [1.82, 2.24) is 0 Å². The number of carboxylic acids is 1. The van der Waals surface area contributed by atoms with Crippen LogP contribution in [0.4, 0.5) is 0 Å². The quantitative estimate of drug-likeness (QED) is 0.692. The zero-order valence-electron chi connectivity index (χ0n) is 8.55. The lowest BCUT2D eigenvalue weighted by atomic mass is 9.79. The molecule has 0 aliphatic carbocycles. The fraction of sp³-hybridized carbons (Fsp3) is 0.900. The van der Waals surface area contributed by atoms with Crippen molar-refractivity contribution in [2.75, 3.05) is 0 Å². The van der Waals surface area contributed by atoms with Gasteiger partial charge < -0.3 is 5.11 Å². The van der Waals surface area contributed by atoms with Crippen LogP contribution in [0.1, 0.15) is 47.0 Å². The van der Waals surface area contributed by atoms with Crippen LogP contribution in [-0.4, -0.2) is 11.1 Å². The van der Waals surface area contributed by atoms with E-state index in [2.05, 4.69) is 13.8 Å². The van der Waals surface area contributed by atoms with Gasteiger partial charge in [-0.2, -0.15) is 0 Å². The summed E-state index contributed by atoms with van der Waals surface area (Å²) in [6.07, 6.45) is 2.56. The molecule has 0 heterocycles. The Morgan fingerprint density at radius 3 is 2.25 bits per heavy atom. The first-order valence-corrected chi connectivity index (χ1v) is 4.69. The molecule has 0 aromatic carbocycles. The normalized spacial score (nSPS) is 18.3. The summed E-state index contributed by atoms with van der Waals surface area (Å²) < 4.78 is 0. The fourth-order valence-electron chi connectivity index (χ4n) is 1.30. The summed E-state index contributed by atoms with van der Waals surface area (Å²) in [7, 11) is 0. The molecule has 0 radical (unpaired) electrons. The number of hydrogen-bond donors (Lipinski definition) is 1. The van der Waals surface area contributed by atoms with Crippen molar-refractivity contribution in [3.8, 4) is 0 Å². The van der Waals surface area contributed by atoms with Crippen molar-refractivity contribution in [2.24, 2.45) is 11.3 Å².